The Bertz CT molecular complexity index is 461. The highest BCUT2D eigenvalue weighted by Crippen LogP contribution is 2.18. The fourth-order valence-corrected chi connectivity index (χ4v) is 2.35. The molecule has 1 rings (SSSR count). The van der Waals surface area contributed by atoms with E-state index in [0.717, 1.165) is 9.80 Å². The summed E-state index contributed by atoms with van der Waals surface area (Å²) in [5, 5.41) is 17.3. The number of hydrogen-bond acceptors (Lipinski definition) is 4. The normalized spacial score (nSPS) is 10.0. The van der Waals surface area contributed by atoms with Gasteiger partial charge < -0.3 is 15.1 Å². The average Bonchev–Trinajstić information content (AvgIpc) is 2.38. The molecule has 0 saturated heterocycles. The van der Waals surface area contributed by atoms with Crippen LogP contribution in [0.2, 0.25) is 0 Å². The third-order valence-electron chi connectivity index (χ3n) is 2.33. The molecule has 1 amide bonds. The van der Waals surface area contributed by atoms with Crippen molar-refractivity contribution in [2.75, 3.05) is 18.8 Å². The molecule has 0 aliphatic rings. The van der Waals surface area contributed by atoms with Crippen LogP contribution in [0.4, 0.5) is 0 Å². The Labute approximate surface area is 120 Å². The van der Waals surface area contributed by atoms with Gasteiger partial charge in [-0.3, -0.25) is 14.4 Å². The van der Waals surface area contributed by atoms with E-state index in [2.05, 4.69) is 0 Å². The fourth-order valence-electron chi connectivity index (χ4n) is 1.49. The molecule has 6 nitrogen and oxygen atoms in total. The van der Waals surface area contributed by atoms with Crippen molar-refractivity contribution in [3.05, 3.63) is 30.3 Å². The van der Waals surface area contributed by atoms with E-state index in [9.17, 15) is 14.4 Å². The van der Waals surface area contributed by atoms with E-state index < -0.39 is 30.9 Å². The molecule has 0 spiro atoms. The Morgan fingerprint density at radius 3 is 2.05 bits per heavy atom. The maximum absolute atomic E-state index is 11.8. The molecule has 0 unspecified atom stereocenters. The highest BCUT2D eigenvalue weighted by atomic mass is 32.2. The minimum atomic E-state index is -1.23. The number of thioether (sulfide) groups is 1. The van der Waals surface area contributed by atoms with Gasteiger partial charge in [0.1, 0.15) is 13.1 Å². The first-order valence-electron chi connectivity index (χ1n) is 5.88. The minimum absolute atomic E-state index is 0.0973. The number of aliphatic carboxylic acids is 2. The standard InChI is InChI=1S/C13H15NO5S/c15-11(14(8-12(16)17)9-13(18)19)6-7-20-10-4-2-1-3-5-10/h1-5H,6-9H2,(H,16,17)(H,18,19). The van der Waals surface area contributed by atoms with Gasteiger partial charge in [0.2, 0.25) is 5.91 Å². The van der Waals surface area contributed by atoms with Crippen LogP contribution in [0.1, 0.15) is 6.42 Å². The van der Waals surface area contributed by atoms with E-state index in [0.29, 0.717) is 5.75 Å². The Kier molecular flexibility index (Phi) is 6.58. The SMILES string of the molecule is O=C(O)CN(CC(=O)O)C(=O)CCSc1ccccc1. The van der Waals surface area contributed by atoms with Crippen LogP contribution < -0.4 is 0 Å². The van der Waals surface area contributed by atoms with Crippen molar-refractivity contribution >= 4 is 29.6 Å². The van der Waals surface area contributed by atoms with Gasteiger partial charge >= 0.3 is 11.9 Å². The quantitative estimate of drug-likeness (QED) is 0.699. The predicted molar refractivity (Wildman–Crippen MR) is 73.6 cm³/mol. The molecular formula is C13H15NO5S. The lowest BCUT2D eigenvalue weighted by molar-refractivity contribution is -0.149. The monoisotopic (exact) mass is 297 g/mol. The first-order valence-corrected chi connectivity index (χ1v) is 6.87. The summed E-state index contributed by atoms with van der Waals surface area (Å²) in [5.74, 6) is -2.46. The van der Waals surface area contributed by atoms with Gasteiger partial charge in [-0.2, -0.15) is 0 Å². The van der Waals surface area contributed by atoms with Crippen molar-refractivity contribution in [3.63, 3.8) is 0 Å². The van der Waals surface area contributed by atoms with Crippen LogP contribution in [0.3, 0.4) is 0 Å². The summed E-state index contributed by atoms with van der Waals surface area (Å²) in [6, 6.07) is 9.45. The molecule has 20 heavy (non-hydrogen) atoms. The predicted octanol–water partition coefficient (Wildman–Crippen LogP) is 1.17. The summed E-state index contributed by atoms with van der Waals surface area (Å²) in [6.07, 6.45) is 0.0973. The highest BCUT2D eigenvalue weighted by molar-refractivity contribution is 7.99. The molecule has 0 aromatic heterocycles. The van der Waals surface area contributed by atoms with E-state index in [-0.39, 0.29) is 6.42 Å². The number of benzene rings is 1. The molecule has 0 aliphatic heterocycles. The summed E-state index contributed by atoms with van der Waals surface area (Å²) >= 11 is 1.46. The molecule has 0 aliphatic carbocycles. The van der Waals surface area contributed by atoms with E-state index in [4.69, 9.17) is 10.2 Å². The summed E-state index contributed by atoms with van der Waals surface area (Å²) in [5.41, 5.74) is 0. The number of carboxylic acids is 2. The van der Waals surface area contributed by atoms with Crippen LogP contribution in [-0.2, 0) is 14.4 Å². The molecular weight excluding hydrogens is 282 g/mol. The third-order valence-corrected chi connectivity index (χ3v) is 3.35. The Balaban J connectivity index is 2.45. The number of carboxylic acid groups (broad SMARTS) is 2. The number of carbonyl (C=O) groups is 3. The summed E-state index contributed by atoms with van der Waals surface area (Å²) < 4.78 is 0. The molecule has 108 valence electrons. The Hall–Kier alpha value is -2.02. The molecule has 0 saturated carbocycles. The van der Waals surface area contributed by atoms with Gasteiger partial charge in [0.15, 0.2) is 0 Å². The van der Waals surface area contributed by atoms with Crippen molar-refractivity contribution in [1.82, 2.24) is 4.90 Å². The summed E-state index contributed by atoms with van der Waals surface area (Å²) in [7, 11) is 0. The van der Waals surface area contributed by atoms with Crippen LogP contribution in [0, 0.1) is 0 Å². The van der Waals surface area contributed by atoms with Gasteiger partial charge in [0.25, 0.3) is 0 Å². The second kappa shape index (κ2) is 8.21. The van der Waals surface area contributed by atoms with Gasteiger partial charge in [0, 0.05) is 17.1 Å². The highest BCUT2D eigenvalue weighted by Gasteiger charge is 2.19. The minimum Gasteiger partial charge on any atom is -0.480 e. The van der Waals surface area contributed by atoms with Crippen molar-refractivity contribution < 1.29 is 24.6 Å². The number of nitrogens with zero attached hydrogens (tertiary/aromatic N) is 1. The zero-order valence-corrected chi connectivity index (χ0v) is 11.5. The van der Waals surface area contributed by atoms with E-state index in [1.807, 2.05) is 30.3 Å². The number of rotatable bonds is 8. The van der Waals surface area contributed by atoms with Gasteiger partial charge in [-0.15, -0.1) is 11.8 Å². The van der Waals surface area contributed by atoms with Crippen LogP contribution in [0.5, 0.6) is 0 Å². The van der Waals surface area contributed by atoms with Crippen LogP contribution in [-0.4, -0.2) is 51.8 Å². The average molecular weight is 297 g/mol. The molecule has 0 atom stereocenters. The Morgan fingerprint density at radius 1 is 1.00 bits per heavy atom. The number of hydrogen-bond donors (Lipinski definition) is 2. The van der Waals surface area contributed by atoms with E-state index in [1.165, 1.54) is 11.8 Å². The second-order valence-electron chi connectivity index (χ2n) is 3.95. The molecule has 0 radical (unpaired) electrons. The topological polar surface area (TPSA) is 94.9 Å². The third kappa shape index (κ3) is 6.24. The molecule has 0 bridgehead atoms. The van der Waals surface area contributed by atoms with Crippen molar-refractivity contribution in [1.29, 1.82) is 0 Å². The van der Waals surface area contributed by atoms with Crippen molar-refractivity contribution in [2.24, 2.45) is 0 Å². The lowest BCUT2D eigenvalue weighted by Gasteiger charge is -2.18. The summed E-state index contributed by atoms with van der Waals surface area (Å²) in [4.78, 5) is 34.8. The molecule has 0 fully saturated rings. The number of carbonyl (C=O) groups excluding carboxylic acids is 1. The molecule has 1 aromatic carbocycles. The number of amides is 1. The van der Waals surface area contributed by atoms with Crippen molar-refractivity contribution in [2.45, 2.75) is 11.3 Å². The zero-order valence-electron chi connectivity index (χ0n) is 10.7. The molecule has 1 aromatic rings. The lowest BCUT2D eigenvalue weighted by atomic mass is 10.3. The molecule has 0 heterocycles. The van der Waals surface area contributed by atoms with Crippen LogP contribution in [0.15, 0.2) is 35.2 Å². The Morgan fingerprint density at radius 2 is 1.55 bits per heavy atom. The lowest BCUT2D eigenvalue weighted by Crippen LogP contribution is -2.39. The van der Waals surface area contributed by atoms with E-state index >= 15 is 0 Å². The maximum atomic E-state index is 11.8. The van der Waals surface area contributed by atoms with Gasteiger partial charge in [-0.1, -0.05) is 18.2 Å². The van der Waals surface area contributed by atoms with Gasteiger partial charge in [-0.25, -0.2) is 0 Å². The first kappa shape index (κ1) is 16.0. The second-order valence-corrected chi connectivity index (χ2v) is 5.12. The largest absolute Gasteiger partial charge is 0.480 e. The van der Waals surface area contributed by atoms with Gasteiger partial charge in [-0.05, 0) is 12.1 Å². The van der Waals surface area contributed by atoms with E-state index in [1.54, 1.807) is 0 Å². The van der Waals surface area contributed by atoms with Crippen LogP contribution >= 0.6 is 11.8 Å². The summed E-state index contributed by atoms with van der Waals surface area (Å²) in [6.45, 7) is -1.19. The fraction of sp³-hybridized carbons (Fsp3) is 0.308. The smallest absolute Gasteiger partial charge is 0.323 e. The maximum Gasteiger partial charge on any atom is 0.323 e. The first-order chi connectivity index (χ1) is 9.49. The van der Waals surface area contributed by atoms with Gasteiger partial charge in [0.05, 0.1) is 0 Å². The molecule has 7 heteroatoms. The van der Waals surface area contributed by atoms with Crippen molar-refractivity contribution in [3.8, 4) is 0 Å². The van der Waals surface area contributed by atoms with Crippen LogP contribution in [0.25, 0.3) is 0 Å². The zero-order chi connectivity index (χ0) is 15.0. The molecule has 2 N–H and O–H groups in total.